The van der Waals surface area contributed by atoms with E-state index in [4.69, 9.17) is 0 Å². The number of fused-ring (bicyclic) bond motifs is 4. The molecule has 0 bridgehead atoms. The molecule has 0 spiro atoms. The molecule has 10 aromatic rings. The SMILES string of the molecule is N#Cc1cccc(-c2ccc3c4ccc(-c5cccc(C#N)c5)cc4n(-c4cccc5c4C(=O)N(c4c(-c6ccccc6)cc(-c6ccccc6)cc4-c4ccccc4)C5O)c3c2)c1. The second kappa shape index (κ2) is 15.6. The van der Waals surface area contributed by atoms with Crippen LogP contribution in [0.5, 0.6) is 0 Å². The van der Waals surface area contributed by atoms with Crippen LogP contribution in [0.15, 0.2) is 206 Å². The second-order valence-electron chi connectivity index (χ2n) is 16.0. The first-order valence-electron chi connectivity index (χ1n) is 21.1. The largest absolute Gasteiger partial charge is 0.369 e. The summed E-state index contributed by atoms with van der Waals surface area (Å²) in [5.41, 5.74) is 14.0. The summed E-state index contributed by atoms with van der Waals surface area (Å²) < 4.78 is 2.13. The predicted molar refractivity (Wildman–Crippen MR) is 256 cm³/mol. The zero-order valence-corrected chi connectivity index (χ0v) is 34.4. The van der Waals surface area contributed by atoms with Gasteiger partial charge in [-0.2, -0.15) is 10.5 Å². The number of carbonyl (C=O) groups is 1. The van der Waals surface area contributed by atoms with Crippen LogP contribution in [-0.2, 0) is 0 Å². The first kappa shape index (κ1) is 38.1. The highest BCUT2D eigenvalue weighted by Gasteiger charge is 2.41. The van der Waals surface area contributed by atoms with Gasteiger partial charge in [-0.05, 0) is 99.1 Å². The lowest BCUT2D eigenvalue weighted by Crippen LogP contribution is -2.29. The summed E-state index contributed by atoms with van der Waals surface area (Å²) in [5.74, 6) is -0.328. The molecule has 64 heavy (non-hydrogen) atoms. The van der Waals surface area contributed by atoms with Gasteiger partial charge in [-0.15, -0.1) is 0 Å². The number of aromatic nitrogens is 1. The molecule has 9 aromatic carbocycles. The number of aliphatic hydroxyl groups excluding tert-OH is 1. The van der Waals surface area contributed by atoms with E-state index in [1.807, 2.05) is 133 Å². The minimum absolute atomic E-state index is 0.328. The molecule has 2 heterocycles. The van der Waals surface area contributed by atoms with E-state index in [2.05, 4.69) is 77.4 Å². The lowest BCUT2D eigenvalue weighted by Gasteiger charge is -2.28. The highest BCUT2D eigenvalue weighted by Crippen LogP contribution is 2.50. The average molecular weight is 821 g/mol. The molecular formula is C58H36N4O2. The van der Waals surface area contributed by atoms with Crippen molar-refractivity contribution < 1.29 is 9.90 Å². The Hall–Kier alpha value is -8.81. The standard InChI is InChI=1S/C58H36N4O2/c59-35-37-13-10-21-42(29-37)44-25-27-47-48-28-26-45(43-22-11-14-38(30-43)36-60)34-54(48)61(53(47)33-44)52-24-12-23-49-55(52)58(64)62(57(49)63)56-50(40-17-6-2-7-18-40)31-46(39-15-4-1-5-16-39)32-51(56)41-19-8-3-9-20-41/h1-34,57,63H. The Morgan fingerprint density at radius 3 is 1.39 bits per heavy atom. The van der Waals surface area contributed by atoms with Gasteiger partial charge in [-0.25, -0.2) is 0 Å². The van der Waals surface area contributed by atoms with Crippen LogP contribution in [0.1, 0.15) is 33.3 Å². The summed E-state index contributed by atoms with van der Waals surface area (Å²) in [6.07, 6.45) is -1.31. The van der Waals surface area contributed by atoms with E-state index in [1.165, 1.54) is 0 Å². The van der Waals surface area contributed by atoms with Gasteiger partial charge >= 0.3 is 0 Å². The minimum Gasteiger partial charge on any atom is -0.369 e. The molecular weight excluding hydrogens is 785 g/mol. The number of hydrogen-bond donors (Lipinski definition) is 1. The van der Waals surface area contributed by atoms with Crippen LogP contribution in [0.4, 0.5) is 5.69 Å². The van der Waals surface area contributed by atoms with Gasteiger partial charge in [0.2, 0.25) is 0 Å². The number of nitriles is 2. The monoisotopic (exact) mass is 820 g/mol. The molecule has 1 aliphatic heterocycles. The van der Waals surface area contributed by atoms with Crippen molar-refractivity contribution in [3.05, 3.63) is 229 Å². The van der Waals surface area contributed by atoms with Crippen molar-refractivity contribution in [3.63, 3.8) is 0 Å². The molecule has 300 valence electrons. The van der Waals surface area contributed by atoms with Crippen molar-refractivity contribution in [2.45, 2.75) is 6.23 Å². The smallest absolute Gasteiger partial charge is 0.263 e. The van der Waals surface area contributed by atoms with Crippen molar-refractivity contribution >= 4 is 33.4 Å². The fraction of sp³-hybridized carbons (Fsp3) is 0.0172. The maximum Gasteiger partial charge on any atom is 0.263 e. The third-order valence-electron chi connectivity index (χ3n) is 12.3. The lowest BCUT2D eigenvalue weighted by molar-refractivity contribution is 0.0935. The van der Waals surface area contributed by atoms with Crippen molar-refractivity contribution in [2.75, 3.05) is 4.90 Å². The number of benzene rings is 9. The number of amides is 1. The number of rotatable bonds is 7. The third-order valence-corrected chi connectivity index (χ3v) is 12.3. The van der Waals surface area contributed by atoms with E-state index in [9.17, 15) is 15.6 Å². The average Bonchev–Trinajstić information content (AvgIpc) is 3.83. The molecule has 1 unspecified atom stereocenters. The Bertz CT molecular complexity index is 3390. The first-order valence-corrected chi connectivity index (χ1v) is 21.1. The summed E-state index contributed by atoms with van der Waals surface area (Å²) >= 11 is 0. The maximum atomic E-state index is 15.7. The van der Waals surface area contributed by atoms with Gasteiger partial charge in [0, 0.05) is 27.5 Å². The van der Waals surface area contributed by atoms with Gasteiger partial charge in [0.15, 0.2) is 6.23 Å². The Labute approximate surface area is 370 Å². The molecule has 1 aliphatic rings. The van der Waals surface area contributed by atoms with E-state index in [0.29, 0.717) is 33.6 Å². The van der Waals surface area contributed by atoms with Gasteiger partial charge in [-0.3, -0.25) is 9.69 Å². The lowest BCUT2D eigenvalue weighted by atomic mass is 9.90. The van der Waals surface area contributed by atoms with Crippen molar-refractivity contribution in [2.24, 2.45) is 0 Å². The zero-order chi connectivity index (χ0) is 43.3. The van der Waals surface area contributed by atoms with Crippen LogP contribution < -0.4 is 4.90 Å². The predicted octanol–water partition coefficient (Wildman–Crippen LogP) is 13.5. The molecule has 1 atom stereocenters. The number of anilines is 1. The molecule has 11 rings (SSSR count). The second-order valence-corrected chi connectivity index (χ2v) is 16.0. The summed E-state index contributed by atoms with van der Waals surface area (Å²) in [6, 6.07) is 72.4. The highest BCUT2D eigenvalue weighted by atomic mass is 16.3. The maximum absolute atomic E-state index is 15.7. The molecule has 0 fully saturated rings. The molecule has 1 aromatic heterocycles. The molecule has 0 aliphatic carbocycles. The van der Waals surface area contributed by atoms with Gasteiger partial charge in [-0.1, -0.05) is 152 Å². The van der Waals surface area contributed by atoms with Crippen LogP contribution in [0.25, 0.3) is 83.1 Å². The summed E-state index contributed by atoms with van der Waals surface area (Å²) in [4.78, 5) is 17.3. The van der Waals surface area contributed by atoms with E-state index >= 15 is 4.79 Å². The van der Waals surface area contributed by atoms with Crippen LogP contribution >= 0.6 is 0 Å². The Balaban J connectivity index is 1.17. The number of carbonyl (C=O) groups excluding carboxylic acids is 1. The van der Waals surface area contributed by atoms with E-state index < -0.39 is 6.23 Å². The molecule has 1 N–H and O–H groups in total. The molecule has 6 nitrogen and oxygen atoms in total. The topological polar surface area (TPSA) is 93.0 Å². The van der Waals surface area contributed by atoms with Gasteiger partial charge in [0.05, 0.1) is 51.2 Å². The molecule has 0 radical (unpaired) electrons. The molecule has 6 heteroatoms. The highest BCUT2D eigenvalue weighted by molar-refractivity contribution is 6.18. The quantitative estimate of drug-likeness (QED) is 0.173. The first-order chi connectivity index (χ1) is 31.5. The third kappa shape index (κ3) is 6.34. The van der Waals surface area contributed by atoms with Crippen molar-refractivity contribution in [3.8, 4) is 73.5 Å². The molecule has 0 saturated heterocycles. The molecule has 0 saturated carbocycles. The summed E-state index contributed by atoms with van der Waals surface area (Å²) in [6.45, 7) is 0. The summed E-state index contributed by atoms with van der Waals surface area (Å²) in [5, 5.41) is 34.1. The van der Waals surface area contributed by atoms with E-state index in [1.54, 1.807) is 17.0 Å². The number of nitrogens with zero attached hydrogens (tertiary/aromatic N) is 4. The zero-order valence-electron chi connectivity index (χ0n) is 34.4. The minimum atomic E-state index is -1.31. The fourth-order valence-electron chi connectivity index (χ4n) is 9.33. The number of hydrogen-bond acceptors (Lipinski definition) is 4. The van der Waals surface area contributed by atoms with Crippen LogP contribution in [-0.4, -0.2) is 15.6 Å². The fourth-order valence-corrected chi connectivity index (χ4v) is 9.33. The number of aliphatic hydroxyl groups is 1. The van der Waals surface area contributed by atoms with Crippen molar-refractivity contribution in [1.82, 2.24) is 4.57 Å². The van der Waals surface area contributed by atoms with Crippen LogP contribution in [0, 0.1) is 22.7 Å². The van der Waals surface area contributed by atoms with Gasteiger partial charge in [0.1, 0.15) is 0 Å². The normalized spacial score (nSPS) is 13.2. The Morgan fingerprint density at radius 1 is 0.438 bits per heavy atom. The Kier molecular flexibility index (Phi) is 9.29. The summed E-state index contributed by atoms with van der Waals surface area (Å²) in [7, 11) is 0. The molecule has 1 amide bonds. The van der Waals surface area contributed by atoms with E-state index in [-0.39, 0.29) is 5.91 Å². The van der Waals surface area contributed by atoms with Crippen LogP contribution in [0.3, 0.4) is 0 Å². The van der Waals surface area contributed by atoms with Gasteiger partial charge < -0.3 is 9.67 Å². The Morgan fingerprint density at radius 2 is 0.891 bits per heavy atom. The van der Waals surface area contributed by atoms with Crippen LogP contribution in [0.2, 0.25) is 0 Å². The van der Waals surface area contributed by atoms with Crippen molar-refractivity contribution in [1.29, 1.82) is 10.5 Å². The van der Waals surface area contributed by atoms with E-state index in [0.717, 1.165) is 77.4 Å². The van der Waals surface area contributed by atoms with Gasteiger partial charge in [0.25, 0.3) is 5.91 Å².